The van der Waals surface area contributed by atoms with Crippen LogP contribution in [0.5, 0.6) is 0 Å². The third-order valence-electron chi connectivity index (χ3n) is 3.64. The summed E-state index contributed by atoms with van der Waals surface area (Å²) in [6.07, 6.45) is 1.17. The van der Waals surface area contributed by atoms with E-state index in [1.807, 2.05) is 0 Å². The number of rotatable bonds is 8. The standard InChI is InChI=1S/C13H30N2O/c1-7-11(2)15(8-9-16-6)10-13(4,5)12(3)14/h11-12H,7-10,14H2,1-6H3. The number of hydrogen-bond acceptors (Lipinski definition) is 3. The molecule has 0 amide bonds. The van der Waals surface area contributed by atoms with E-state index in [1.54, 1.807) is 7.11 Å². The molecule has 16 heavy (non-hydrogen) atoms. The minimum atomic E-state index is 0.150. The Morgan fingerprint density at radius 2 is 1.88 bits per heavy atom. The molecule has 98 valence electrons. The molecule has 2 atom stereocenters. The van der Waals surface area contributed by atoms with E-state index in [4.69, 9.17) is 10.5 Å². The maximum Gasteiger partial charge on any atom is 0.0589 e. The second kappa shape index (κ2) is 7.25. The van der Waals surface area contributed by atoms with Gasteiger partial charge in [0, 0.05) is 32.3 Å². The molecule has 2 unspecified atom stereocenters. The van der Waals surface area contributed by atoms with Gasteiger partial charge in [0.15, 0.2) is 0 Å². The van der Waals surface area contributed by atoms with E-state index in [0.717, 1.165) is 19.7 Å². The van der Waals surface area contributed by atoms with Crippen molar-refractivity contribution in [2.24, 2.45) is 11.1 Å². The fourth-order valence-electron chi connectivity index (χ4n) is 1.59. The molecule has 0 bridgehead atoms. The van der Waals surface area contributed by atoms with E-state index < -0.39 is 0 Å². The van der Waals surface area contributed by atoms with Crippen LogP contribution in [0.1, 0.15) is 41.0 Å². The van der Waals surface area contributed by atoms with E-state index in [1.165, 1.54) is 6.42 Å². The SMILES string of the molecule is CCC(C)N(CCOC)CC(C)(C)C(C)N. The van der Waals surface area contributed by atoms with Gasteiger partial charge in [0.25, 0.3) is 0 Å². The van der Waals surface area contributed by atoms with Gasteiger partial charge in [-0.05, 0) is 25.7 Å². The van der Waals surface area contributed by atoms with Crippen LogP contribution < -0.4 is 5.73 Å². The van der Waals surface area contributed by atoms with Crippen LogP contribution >= 0.6 is 0 Å². The first-order chi connectivity index (χ1) is 7.35. The summed E-state index contributed by atoms with van der Waals surface area (Å²) in [5.41, 5.74) is 6.18. The molecule has 3 heteroatoms. The Balaban J connectivity index is 4.40. The van der Waals surface area contributed by atoms with Gasteiger partial charge in [-0.3, -0.25) is 4.90 Å². The maximum atomic E-state index is 6.03. The Morgan fingerprint density at radius 1 is 1.31 bits per heavy atom. The van der Waals surface area contributed by atoms with Crippen LogP contribution in [0.2, 0.25) is 0 Å². The molecule has 0 aliphatic rings. The Morgan fingerprint density at radius 3 is 2.25 bits per heavy atom. The molecule has 0 radical (unpaired) electrons. The predicted octanol–water partition coefficient (Wildman–Crippen LogP) is 2.11. The van der Waals surface area contributed by atoms with E-state index in [9.17, 15) is 0 Å². The predicted molar refractivity (Wildman–Crippen MR) is 70.6 cm³/mol. The second-order valence-corrected chi connectivity index (χ2v) is 5.50. The molecule has 0 aromatic heterocycles. The van der Waals surface area contributed by atoms with Gasteiger partial charge >= 0.3 is 0 Å². The lowest BCUT2D eigenvalue weighted by Gasteiger charge is -2.38. The van der Waals surface area contributed by atoms with Crippen molar-refractivity contribution in [2.75, 3.05) is 26.8 Å². The summed E-state index contributed by atoms with van der Waals surface area (Å²) in [5.74, 6) is 0. The highest BCUT2D eigenvalue weighted by Gasteiger charge is 2.27. The Kier molecular flexibility index (Phi) is 7.20. The molecule has 0 aromatic rings. The van der Waals surface area contributed by atoms with E-state index in [2.05, 4.69) is 39.5 Å². The van der Waals surface area contributed by atoms with Crippen LogP contribution in [-0.4, -0.2) is 43.8 Å². The van der Waals surface area contributed by atoms with Gasteiger partial charge in [-0.25, -0.2) is 0 Å². The molecule has 0 aliphatic carbocycles. The zero-order valence-electron chi connectivity index (χ0n) is 11.9. The third-order valence-corrected chi connectivity index (χ3v) is 3.64. The highest BCUT2D eigenvalue weighted by Crippen LogP contribution is 2.22. The van der Waals surface area contributed by atoms with Crippen LogP contribution in [-0.2, 0) is 4.74 Å². The normalized spacial score (nSPS) is 16.5. The molecule has 0 spiro atoms. The summed E-state index contributed by atoms with van der Waals surface area (Å²) in [6, 6.07) is 0.801. The molecular formula is C13H30N2O. The number of ether oxygens (including phenoxy) is 1. The molecule has 0 rings (SSSR count). The third kappa shape index (κ3) is 5.28. The lowest BCUT2D eigenvalue weighted by molar-refractivity contribution is 0.0820. The fraction of sp³-hybridized carbons (Fsp3) is 1.00. The minimum absolute atomic E-state index is 0.150. The van der Waals surface area contributed by atoms with E-state index in [-0.39, 0.29) is 11.5 Å². The number of nitrogens with zero attached hydrogens (tertiary/aromatic N) is 1. The van der Waals surface area contributed by atoms with Crippen molar-refractivity contribution in [1.29, 1.82) is 0 Å². The van der Waals surface area contributed by atoms with E-state index in [0.29, 0.717) is 6.04 Å². The van der Waals surface area contributed by atoms with Crippen LogP contribution in [0.25, 0.3) is 0 Å². The van der Waals surface area contributed by atoms with Gasteiger partial charge in [0.05, 0.1) is 6.61 Å². The highest BCUT2D eigenvalue weighted by molar-refractivity contribution is 4.83. The second-order valence-electron chi connectivity index (χ2n) is 5.50. The highest BCUT2D eigenvalue weighted by atomic mass is 16.5. The van der Waals surface area contributed by atoms with Crippen molar-refractivity contribution in [3.8, 4) is 0 Å². The lowest BCUT2D eigenvalue weighted by Crippen LogP contribution is -2.47. The number of methoxy groups -OCH3 is 1. The molecule has 2 N–H and O–H groups in total. The first-order valence-corrected chi connectivity index (χ1v) is 6.33. The van der Waals surface area contributed by atoms with Crippen molar-refractivity contribution in [1.82, 2.24) is 4.90 Å². The summed E-state index contributed by atoms with van der Waals surface area (Å²) >= 11 is 0. The maximum absolute atomic E-state index is 6.03. The molecule has 0 saturated carbocycles. The van der Waals surface area contributed by atoms with Crippen LogP contribution in [0.4, 0.5) is 0 Å². The van der Waals surface area contributed by atoms with E-state index >= 15 is 0 Å². The van der Waals surface area contributed by atoms with Crippen molar-refractivity contribution >= 4 is 0 Å². The first kappa shape index (κ1) is 15.9. The first-order valence-electron chi connectivity index (χ1n) is 6.33. The molecule has 0 saturated heterocycles. The largest absolute Gasteiger partial charge is 0.383 e. The van der Waals surface area contributed by atoms with Gasteiger partial charge < -0.3 is 10.5 Å². The van der Waals surface area contributed by atoms with Gasteiger partial charge in [0.2, 0.25) is 0 Å². The quantitative estimate of drug-likeness (QED) is 0.694. The van der Waals surface area contributed by atoms with Crippen molar-refractivity contribution in [3.63, 3.8) is 0 Å². The van der Waals surface area contributed by atoms with Crippen molar-refractivity contribution in [3.05, 3.63) is 0 Å². The number of nitrogens with two attached hydrogens (primary N) is 1. The molecule has 3 nitrogen and oxygen atoms in total. The van der Waals surface area contributed by atoms with Crippen LogP contribution in [0.15, 0.2) is 0 Å². The average Bonchev–Trinajstić information content (AvgIpc) is 2.22. The van der Waals surface area contributed by atoms with Gasteiger partial charge in [-0.1, -0.05) is 20.8 Å². The smallest absolute Gasteiger partial charge is 0.0589 e. The average molecular weight is 230 g/mol. The Bertz CT molecular complexity index is 181. The number of hydrogen-bond donors (Lipinski definition) is 1. The Hall–Kier alpha value is -0.120. The minimum Gasteiger partial charge on any atom is -0.383 e. The van der Waals surface area contributed by atoms with Crippen LogP contribution in [0, 0.1) is 5.41 Å². The monoisotopic (exact) mass is 230 g/mol. The summed E-state index contributed by atoms with van der Waals surface area (Å²) in [5, 5.41) is 0. The van der Waals surface area contributed by atoms with Gasteiger partial charge in [0.1, 0.15) is 0 Å². The summed E-state index contributed by atoms with van der Waals surface area (Å²) < 4.78 is 5.17. The van der Waals surface area contributed by atoms with Crippen molar-refractivity contribution in [2.45, 2.75) is 53.1 Å². The summed E-state index contributed by atoms with van der Waals surface area (Å²) in [6.45, 7) is 13.9. The van der Waals surface area contributed by atoms with Gasteiger partial charge in [-0.15, -0.1) is 0 Å². The zero-order valence-corrected chi connectivity index (χ0v) is 11.9. The molecule has 0 fully saturated rings. The fourth-order valence-corrected chi connectivity index (χ4v) is 1.59. The summed E-state index contributed by atoms with van der Waals surface area (Å²) in [7, 11) is 1.76. The summed E-state index contributed by atoms with van der Waals surface area (Å²) in [4.78, 5) is 2.48. The zero-order chi connectivity index (χ0) is 12.8. The molecular weight excluding hydrogens is 200 g/mol. The van der Waals surface area contributed by atoms with Crippen molar-refractivity contribution < 1.29 is 4.74 Å². The molecule has 0 aliphatic heterocycles. The molecule has 0 heterocycles. The Labute approximate surface area is 101 Å². The van der Waals surface area contributed by atoms with Crippen LogP contribution in [0.3, 0.4) is 0 Å². The topological polar surface area (TPSA) is 38.5 Å². The van der Waals surface area contributed by atoms with Gasteiger partial charge in [-0.2, -0.15) is 0 Å². The molecule has 0 aromatic carbocycles. The lowest BCUT2D eigenvalue weighted by atomic mass is 9.85.